The van der Waals surface area contributed by atoms with Crippen LogP contribution in [0.2, 0.25) is 0 Å². The zero-order valence-corrected chi connectivity index (χ0v) is 12.1. The molecular formula is C12H26N2O2S. The number of hydrogen-bond donors (Lipinski definition) is 1. The van der Waals surface area contributed by atoms with Gasteiger partial charge in [0, 0.05) is 19.6 Å². The molecule has 0 amide bonds. The Kier molecular flexibility index (Phi) is 5.89. The van der Waals surface area contributed by atoms with Crippen molar-refractivity contribution >= 4 is 10.0 Å². The summed E-state index contributed by atoms with van der Waals surface area (Å²) < 4.78 is 25.4. The van der Waals surface area contributed by atoms with Crippen LogP contribution in [0, 0.1) is 5.92 Å². The highest BCUT2D eigenvalue weighted by molar-refractivity contribution is 7.89. The molecule has 1 N–H and O–H groups in total. The summed E-state index contributed by atoms with van der Waals surface area (Å²) in [6, 6.07) is 0.663. The van der Waals surface area contributed by atoms with Crippen LogP contribution in [0.3, 0.4) is 0 Å². The van der Waals surface area contributed by atoms with E-state index in [0.29, 0.717) is 24.9 Å². The molecule has 4 nitrogen and oxygen atoms in total. The molecule has 0 saturated heterocycles. The summed E-state index contributed by atoms with van der Waals surface area (Å²) in [5.74, 6) is 0.694. The van der Waals surface area contributed by atoms with Gasteiger partial charge in [0.1, 0.15) is 0 Å². The molecule has 0 aromatic rings. The number of nitrogens with zero attached hydrogens (tertiary/aromatic N) is 1. The average molecular weight is 262 g/mol. The Balaban J connectivity index is 2.22. The van der Waals surface area contributed by atoms with E-state index in [1.165, 1.54) is 17.1 Å². The maximum atomic E-state index is 11.9. The van der Waals surface area contributed by atoms with E-state index in [9.17, 15) is 8.42 Å². The van der Waals surface area contributed by atoms with Crippen molar-refractivity contribution in [3.8, 4) is 0 Å². The quantitative estimate of drug-likeness (QED) is 0.640. The van der Waals surface area contributed by atoms with Gasteiger partial charge in [-0.25, -0.2) is 12.7 Å². The van der Waals surface area contributed by atoms with Crippen molar-refractivity contribution < 1.29 is 8.42 Å². The van der Waals surface area contributed by atoms with Gasteiger partial charge in [-0.1, -0.05) is 20.3 Å². The van der Waals surface area contributed by atoms with Gasteiger partial charge in [0.25, 0.3) is 0 Å². The second kappa shape index (κ2) is 6.71. The van der Waals surface area contributed by atoms with Crippen LogP contribution in [0.25, 0.3) is 0 Å². The molecule has 1 aliphatic rings. The van der Waals surface area contributed by atoms with Crippen LogP contribution in [0.15, 0.2) is 0 Å². The predicted octanol–water partition coefficient (Wildman–Crippen LogP) is 1.44. The van der Waals surface area contributed by atoms with Crippen LogP contribution in [0.4, 0.5) is 0 Å². The van der Waals surface area contributed by atoms with E-state index in [2.05, 4.69) is 19.2 Å². The minimum Gasteiger partial charge on any atom is -0.314 e. The van der Waals surface area contributed by atoms with Crippen LogP contribution in [-0.4, -0.2) is 44.7 Å². The van der Waals surface area contributed by atoms with Crippen molar-refractivity contribution in [3.05, 3.63) is 0 Å². The molecule has 0 bridgehead atoms. The highest BCUT2D eigenvalue weighted by Crippen LogP contribution is 2.18. The lowest BCUT2D eigenvalue weighted by Gasteiger charge is -2.20. The Morgan fingerprint density at radius 2 is 2.06 bits per heavy atom. The normalized spacial score (nSPS) is 18.6. The molecule has 0 heterocycles. The molecule has 0 aliphatic heterocycles. The predicted molar refractivity (Wildman–Crippen MR) is 71.5 cm³/mol. The van der Waals surface area contributed by atoms with Crippen molar-refractivity contribution in [1.29, 1.82) is 0 Å². The molecule has 0 spiro atoms. The zero-order valence-electron chi connectivity index (χ0n) is 11.3. The van der Waals surface area contributed by atoms with Crippen LogP contribution in [0.1, 0.15) is 39.5 Å². The average Bonchev–Trinajstić information content (AvgIpc) is 3.08. The van der Waals surface area contributed by atoms with Gasteiger partial charge in [0.15, 0.2) is 0 Å². The Bertz CT molecular complexity index is 312. The lowest BCUT2D eigenvalue weighted by molar-refractivity contribution is 0.393. The fourth-order valence-corrected chi connectivity index (χ4v) is 2.99. The Morgan fingerprint density at radius 1 is 1.41 bits per heavy atom. The maximum Gasteiger partial charge on any atom is 0.213 e. The van der Waals surface area contributed by atoms with E-state index >= 15 is 0 Å². The largest absolute Gasteiger partial charge is 0.314 e. The molecule has 17 heavy (non-hydrogen) atoms. The second-order valence-corrected chi connectivity index (χ2v) is 7.39. The van der Waals surface area contributed by atoms with E-state index in [-0.39, 0.29) is 5.75 Å². The van der Waals surface area contributed by atoms with Crippen LogP contribution in [0.5, 0.6) is 0 Å². The molecule has 0 aromatic carbocycles. The molecule has 1 fully saturated rings. The van der Waals surface area contributed by atoms with Gasteiger partial charge in [-0.3, -0.25) is 0 Å². The van der Waals surface area contributed by atoms with Gasteiger partial charge < -0.3 is 5.32 Å². The molecule has 0 radical (unpaired) electrons. The summed E-state index contributed by atoms with van der Waals surface area (Å²) in [5, 5.41) is 3.34. The standard InChI is InChI=1S/C12H26N2O2S/c1-4-11(2)10-14(3)17(15,16)9-5-8-13-12-6-7-12/h11-13H,4-10H2,1-3H3. The summed E-state index contributed by atoms with van der Waals surface area (Å²) in [6.07, 6.45) is 4.23. The van der Waals surface area contributed by atoms with Gasteiger partial charge in [-0.2, -0.15) is 0 Å². The van der Waals surface area contributed by atoms with Crippen molar-refractivity contribution in [2.75, 3.05) is 25.9 Å². The first-order valence-electron chi connectivity index (χ1n) is 6.63. The molecular weight excluding hydrogens is 236 g/mol. The number of hydrogen-bond acceptors (Lipinski definition) is 3. The first-order valence-corrected chi connectivity index (χ1v) is 8.24. The molecule has 0 aromatic heterocycles. The van der Waals surface area contributed by atoms with Crippen LogP contribution >= 0.6 is 0 Å². The molecule has 102 valence electrons. The summed E-state index contributed by atoms with van der Waals surface area (Å²) in [4.78, 5) is 0. The molecule has 1 unspecified atom stereocenters. The van der Waals surface area contributed by atoms with Gasteiger partial charge in [-0.05, 0) is 31.7 Å². The highest BCUT2D eigenvalue weighted by atomic mass is 32.2. The third kappa shape index (κ3) is 5.84. The van der Waals surface area contributed by atoms with E-state index < -0.39 is 10.0 Å². The molecule has 1 rings (SSSR count). The first-order chi connectivity index (χ1) is 7.95. The van der Waals surface area contributed by atoms with Crippen molar-refractivity contribution in [2.24, 2.45) is 5.92 Å². The number of rotatable bonds is 9. The Morgan fingerprint density at radius 3 is 2.59 bits per heavy atom. The monoisotopic (exact) mass is 262 g/mol. The van der Waals surface area contributed by atoms with E-state index in [1.807, 2.05) is 0 Å². The number of sulfonamides is 1. The minimum atomic E-state index is -3.05. The van der Waals surface area contributed by atoms with Crippen LogP contribution < -0.4 is 5.32 Å². The molecule has 1 aliphatic carbocycles. The maximum absolute atomic E-state index is 11.9. The van der Waals surface area contributed by atoms with E-state index in [0.717, 1.165) is 13.0 Å². The lowest BCUT2D eigenvalue weighted by Crippen LogP contribution is -2.33. The minimum absolute atomic E-state index is 0.264. The lowest BCUT2D eigenvalue weighted by atomic mass is 10.1. The third-order valence-electron chi connectivity index (χ3n) is 3.33. The Labute approximate surface area is 106 Å². The van der Waals surface area contributed by atoms with Gasteiger partial charge in [-0.15, -0.1) is 0 Å². The third-order valence-corrected chi connectivity index (χ3v) is 5.23. The number of nitrogens with one attached hydrogen (secondary N) is 1. The second-order valence-electron chi connectivity index (χ2n) is 5.19. The van der Waals surface area contributed by atoms with Gasteiger partial charge in [0.05, 0.1) is 5.75 Å². The molecule has 5 heteroatoms. The zero-order chi connectivity index (χ0) is 12.9. The van der Waals surface area contributed by atoms with E-state index in [1.54, 1.807) is 7.05 Å². The summed E-state index contributed by atoms with van der Waals surface area (Å²) in [5.41, 5.74) is 0. The van der Waals surface area contributed by atoms with Crippen molar-refractivity contribution in [2.45, 2.75) is 45.6 Å². The first kappa shape index (κ1) is 14.9. The summed E-state index contributed by atoms with van der Waals surface area (Å²) in [7, 11) is -1.36. The van der Waals surface area contributed by atoms with Gasteiger partial charge in [0.2, 0.25) is 10.0 Å². The molecule has 1 atom stereocenters. The summed E-state index contributed by atoms with van der Waals surface area (Å²) in [6.45, 7) is 5.63. The van der Waals surface area contributed by atoms with E-state index in [4.69, 9.17) is 0 Å². The van der Waals surface area contributed by atoms with Crippen molar-refractivity contribution in [1.82, 2.24) is 9.62 Å². The fourth-order valence-electron chi connectivity index (χ4n) is 1.69. The smallest absolute Gasteiger partial charge is 0.213 e. The Hall–Kier alpha value is -0.130. The van der Waals surface area contributed by atoms with Gasteiger partial charge >= 0.3 is 0 Å². The molecule has 1 saturated carbocycles. The summed E-state index contributed by atoms with van der Waals surface area (Å²) >= 11 is 0. The van der Waals surface area contributed by atoms with Crippen molar-refractivity contribution in [3.63, 3.8) is 0 Å². The van der Waals surface area contributed by atoms with Crippen LogP contribution in [-0.2, 0) is 10.0 Å². The topological polar surface area (TPSA) is 49.4 Å². The SMILES string of the molecule is CCC(C)CN(C)S(=O)(=O)CCCNC1CC1. The fraction of sp³-hybridized carbons (Fsp3) is 1.00. The highest BCUT2D eigenvalue weighted by Gasteiger charge is 2.21.